The minimum atomic E-state index is -4.59. The van der Waals surface area contributed by atoms with E-state index in [1.54, 1.807) is 4.90 Å². The molecule has 0 amide bonds. The highest BCUT2D eigenvalue weighted by Gasteiger charge is 2.50. The van der Waals surface area contributed by atoms with E-state index in [2.05, 4.69) is 25.0 Å². The predicted molar refractivity (Wildman–Crippen MR) is 105 cm³/mol. The molecule has 33 heavy (non-hydrogen) atoms. The first-order valence-electron chi connectivity index (χ1n) is 10.1. The first-order chi connectivity index (χ1) is 15.4. The topological polar surface area (TPSA) is 75.9 Å². The van der Waals surface area contributed by atoms with Crippen molar-refractivity contribution in [2.75, 3.05) is 36.0 Å². The number of aryl methyl sites for hydroxylation is 1. The summed E-state index contributed by atoms with van der Waals surface area (Å²) in [6.07, 6.45) is -4.43. The molecule has 0 radical (unpaired) electrons. The van der Waals surface area contributed by atoms with Gasteiger partial charge in [-0.2, -0.15) is 36.4 Å². The summed E-state index contributed by atoms with van der Waals surface area (Å²) in [5.74, 6) is 0.321. The highest BCUT2D eigenvalue weighted by atomic mass is 19.4. The molecule has 5 heterocycles. The molecule has 0 bridgehead atoms. The highest BCUT2D eigenvalue weighted by Crippen LogP contribution is 2.45. The quantitative estimate of drug-likeness (QED) is 0.542. The summed E-state index contributed by atoms with van der Waals surface area (Å²) in [5.41, 5.74) is -1.18. The van der Waals surface area contributed by atoms with Crippen LogP contribution >= 0.6 is 0 Å². The SMILES string of the molecule is Cc1ncc(N2CC3(CCN(c4ncc5cnn(CC(F)(F)F)c5n4)C3)C2)c(C(F)(F)F)n1. The van der Waals surface area contributed by atoms with E-state index in [0.29, 0.717) is 38.0 Å². The molecule has 0 unspecified atom stereocenters. The summed E-state index contributed by atoms with van der Waals surface area (Å²) in [4.78, 5) is 19.5. The number of aromatic nitrogens is 6. The second-order valence-electron chi connectivity index (χ2n) is 8.54. The smallest absolute Gasteiger partial charge is 0.367 e. The zero-order valence-corrected chi connectivity index (χ0v) is 17.3. The second-order valence-corrected chi connectivity index (χ2v) is 8.54. The molecule has 2 saturated heterocycles. The Morgan fingerprint density at radius 1 is 0.939 bits per heavy atom. The van der Waals surface area contributed by atoms with Gasteiger partial charge in [-0.05, 0) is 13.3 Å². The van der Waals surface area contributed by atoms with Gasteiger partial charge in [0.15, 0.2) is 11.3 Å². The standard InChI is InChI=1S/C19H18F6N8/c1-11-26-6-13(14(29-11)19(23,24)25)32-8-17(9-32)2-3-31(7-17)16-27-4-12-5-28-33(15(12)30-16)10-18(20,21)22/h4-6H,2-3,7-10H2,1H3. The molecule has 2 aliphatic heterocycles. The van der Waals surface area contributed by atoms with Crippen LogP contribution in [0.25, 0.3) is 11.0 Å². The van der Waals surface area contributed by atoms with E-state index >= 15 is 0 Å². The monoisotopic (exact) mass is 472 g/mol. The van der Waals surface area contributed by atoms with Gasteiger partial charge in [-0.1, -0.05) is 0 Å². The second kappa shape index (κ2) is 7.15. The van der Waals surface area contributed by atoms with Crippen molar-refractivity contribution in [2.45, 2.75) is 32.2 Å². The van der Waals surface area contributed by atoms with Gasteiger partial charge in [0, 0.05) is 37.8 Å². The molecule has 8 nitrogen and oxygen atoms in total. The number of rotatable bonds is 3. The molecule has 5 rings (SSSR count). The number of hydrogen-bond acceptors (Lipinski definition) is 7. The Kier molecular flexibility index (Phi) is 4.69. The van der Waals surface area contributed by atoms with Crippen LogP contribution in [0.3, 0.4) is 0 Å². The summed E-state index contributed by atoms with van der Waals surface area (Å²) in [5, 5.41) is 4.14. The van der Waals surface area contributed by atoms with Crippen LogP contribution in [0.4, 0.5) is 38.0 Å². The number of halogens is 6. The van der Waals surface area contributed by atoms with Crippen LogP contribution in [-0.2, 0) is 12.7 Å². The van der Waals surface area contributed by atoms with Crippen LogP contribution in [-0.4, -0.2) is 62.1 Å². The molecule has 0 N–H and O–H groups in total. The van der Waals surface area contributed by atoms with E-state index < -0.39 is 24.6 Å². The predicted octanol–water partition coefficient (Wildman–Crippen LogP) is 3.22. The number of hydrogen-bond donors (Lipinski definition) is 0. The number of anilines is 2. The molecule has 176 valence electrons. The van der Waals surface area contributed by atoms with Crippen molar-refractivity contribution >= 4 is 22.7 Å². The third kappa shape index (κ3) is 4.02. The molecule has 1 spiro atoms. The Labute approximate surface area is 183 Å². The molecule has 3 aromatic heterocycles. The Bertz CT molecular complexity index is 1200. The van der Waals surface area contributed by atoms with Gasteiger partial charge in [-0.15, -0.1) is 0 Å². The highest BCUT2D eigenvalue weighted by molar-refractivity contribution is 5.74. The lowest BCUT2D eigenvalue weighted by atomic mass is 9.78. The van der Waals surface area contributed by atoms with Crippen molar-refractivity contribution in [3.63, 3.8) is 0 Å². The van der Waals surface area contributed by atoms with Crippen molar-refractivity contribution in [2.24, 2.45) is 5.41 Å². The fourth-order valence-corrected chi connectivity index (χ4v) is 4.50. The molecule has 2 fully saturated rings. The Morgan fingerprint density at radius 2 is 1.67 bits per heavy atom. The van der Waals surface area contributed by atoms with Crippen LogP contribution in [0, 0.1) is 12.3 Å². The fraction of sp³-hybridized carbons (Fsp3) is 0.526. The van der Waals surface area contributed by atoms with E-state index in [1.807, 2.05) is 4.90 Å². The van der Waals surface area contributed by atoms with Gasteiger partial charge in [0.1, 0.15) is 12.4 Å². The zero-order valence-electron chi connectivity index (χ0n) is 17.3. The van der Waals surface area contributed by atoms with E-state index in [4.69, 9.17) is 0 Å². The van der Waals surface area contributed by atoms with Crippen molar-refractivity contribution in [3.05, 3.63) is 30.1 Å². The molecule has 0 atom stereocenters. The minimum absolute atomic E-state index is 0.0469. The maximum atomic E-state index is 13.4. The Hall–Kier alpha value is -3.19. The lowest BCUT2D eigenvalue weighted by Crippen LogP contribution is -2.58. The molecule has 0 aromatic carbocycles. The van der Waals surface area contributed by atoms with Crippen LogP contribution in [0.15, 0.2) is 18.6 Å². The van der Waals surface area contributed by atoms with Gasteiger partial charge in [0.2, 0.25) is 5.95 Å². The van der Waals surface area contributed by atoms with Crippen LogP contribution < -0.4 is 9.80 Å². The van der Waals surface area contributed by atoms with E-state index in [-0.39, 0.29) is 28.5 Å². The molecule has 0 saturated carbocycles. The summed E-state index contributed by atoms with van der Waals surface area (Å²) in [6.45, 7) is 1.94. The van der Waals surface area contributed by atoms with Crippen LogP contribution in [0.2, 0.25) is 0 Å². The Morgan fingerprint density at radius 3 is 2.36 bits per heavy atom. The average Bonchev–Trinajstić information content (AvgIpc) is 3.30. The maximum absolute atomic E-state index is 13.4. The van der Waals surface area contributed by atoms with Crippen LogP contribution in [0.5, 0.6) is 0 Å². The molecule has 3 aromatic rings. The van der Waals surface area contributed by atoms with Crippen molar-refractivity contribution in [1.29, 1.82) is 0 Å². The molecule has 14 heteroatoms. The summed E-state index contributed by atoms with van der Waals surface area (Å²) in [7, 11) is 0. The first kappa shape index (κ1) is 21.6. The van der Waals surface area contributed by atoms with Gasteiger partial charge in [0.25, 0.3) is 0 Å². The van der Waals surface area contributed by atoms with Gasteiger partial charge in [-0.25, -0.2) is 19.6 Å². The van der Waals surface area contributed by atoms with Crippen molar-refractivity contribution in [3.8, 4) is 0 Å². The largest absolute Gasteiger partial charge is 0.435 e. The number of alkyl halides is 6. The third-order valence-corrected chi connectivity index (χ3v) is 5.97. The van der Waals surface area contributed by atoms with E-state index in [1.165, 1.54) is 25.5 Å². The molecular weight excluding hydrogens is 454 g/mol. The number of nitrogens with zero attached hydrogens (tertiary/aromatic N) is 8. The minimum Gasteiger partial charge on any atom is -0.367 e. The summed E-state index contributed by atoms with van der Waals surface area (Å²) >= 11 is 0. The summed E-state index contributed by atoms with van der Waals surface area (Å²) < 4.78 is 79.5. The third-order valence-electron chi connectivity index (χ3n) is 5.97. The van der Waals surface area contributed by atoms with Crippen molar-refractivity contribution < 1.29 is 26.3 Å². The van der Waals surface area contributed by atoms with Gasteiger partial charge in [0.05, 0.1) is 23.5 Å². The van der Waals surface area contributed by atoms with Gasteiger partial charge >= 0.3 is 12.4 Å². The lowest BCUT2D eigenvalue weighted by molar-refractivity contribution is -0.142. The normalized spacial score (nSPS) is 18.4. The van der Waals surface area contributed by atoms with Crippen molar-refractivity contribution in [1.82, 2.24) is 29.7 Å². The van der Waals surface area contributed by atoms with Gasteiger partial charge in [-0.3, -0.25) is 0 Å². The van der Waals surface area contributed by atoms with Gasteiger partial charge < -0.3 is 9.80 Å². The molecular formula is C19H18F6N8. The summed E-state index contributed by atoms with van der Waals surface area (Å²) in [6, 6.07) is 0. The Balaban J connectivity index is 1.33. The van der Waals surface area contributed by atoms with E-state index in [0.717, 1.165) is 4.68 Å². The van der Waals surface area contributed by atoms with E-state index in [9.17, 15) is 26.3 Å². The average molecular weight is 472 g/mol. The lowest BCUT2D eigenvalue weighted by Gasteiger charge is -2.49. The first-order valence-corrected chi connectivity index (χ1v) is 10.1. The zero-order chi connectivity index (χ0) is 23.6. The fourth-order valence-electron chi connectivity index (χ4n) is 4.50. The number of fused-ring (bicyclic) bond motifs is 1. The van der Waals surface area contributed by atoms with Crippen LogP contribution in [0.1, 0.15) is 17.9 Å². The molecule has 2 aliphatic rings. The molecule has 0 aliphatic carbocycles. The maximum Gasteiger partial charge on any atom is 0.435 e.